The maximum atomic E-state index is 14.6. The van der Waals surface area contributed by atoms with Gasteiger partial charge in [-0.3, -0.25) is 9.59 Å². The summed E-state index contributed by atoms with van der Waals surface area (Å²) in [6.07, 6.45) is -0.846. The molecular weight excluding hydrogens is 511 g/mol. The molecule has 0 bridgehead atoms. The second-order valence-corrected chi connectivity index (χ2v) is 10.2. The number of likely N-dealkylation sites (tertiary alicyclic amines) is 1. The average molecular weight is 547 g/mol. The summed E-state index contributed by atoms with van der Waals surface area (Å²) in [5.41, 5.74) is 0.384. The van der Waals surface area contributed by atoms with Gasteiger partial charge >= 0.3 is 6.09 Å². The molecule has 0 unspecified atom stereocenters. The van der Waals surface area contributed by atoms with E-state index < -0.39 is 29.8 Å². The predicted molar refractivity (Wildman–Crippen MR) is 137 cm³/mol. The van der Waals surface area contributed by atoms with Gasteiger partial charge in [-0.2, -0.15) is 0 Å². The monoisotopic (exact) mass is 546 g/mol. The number of rotatable bonds is 8. The fourth-order valence-corrected chi connectivity index (χ4v) is 5.15. The number of halogens is 1. The van der Waals surface area contributed by atoms with Gasteiger partial charge in [0.15, 0.2) is 5.69 Å². The lowest BCUT2D eigenvalue weighted by molar-refractivity contribution is -0.142. The van der Waals surface area contributed by atoms with Crippen molar-refractivity contribution in [2.75, 3.05) is 53.0 Å². The minimum Gasteiger partial charge on any atom is -0.465 e. The van der Waals surface area contributed by atoms with Crippen LogP contribution in [0.3, 0.4) is 0 Å². The van der Waals surface area contributed by atoms with Crippen LogP contribution in [-0.2, 0) is 20.9 Å². The minimum atomic E-state index is -1.15. The van der Waals surface area contributed by atoms with Crippen LogP contribution in [0, 0.1) is 17.7 Å². The van der Waals surface area contributed by atoms with E-state index in [1.54, 1.807) is 21.9 Å². The van der Waals surface area contributed by atoms with Gasteiger partial charge < -0.3 is 29.3 Å². The molecule has 2 aliphatic heterocycles. The van der Waals surface area contributed by atoms with Crippen molar-refractivity contribution < 1.29 is 33.4 Å². The number of benzene rings is 1. The Balaban J connectivity index is 1.67. The van der Waals surface area contributed by atoms with Gasteiger partial charge in [-0.15, -0.1) is 5.10 Å². The number of para-hydroxylation sites is 1. The number of carbonyl (C=O) groups excluding carboxylic acids is 2. The summed E-state index contributed by atoms with van der Waals surface area (Å²) in [5.74, 6) is -1.72. The van der Waals surface area contributed by atoms with Crippen LogP contribution in [0.1, 0.15) is 36.5 Å². The Kier molecular flexibility index (Phi) is 9.12. The van der Waals surface area contributed by atoms with E-state index in [2.05, 4.69) is 10.3 Å². The van der Waals surface area contributed by atoms with Crippen LogP contribution in [0.2, 0.25) is 0 Å². The first-order valence-electron chi connectivity index (χ1n) is 13.0. The van der Waals surface area contributed by atoms with Crippen LogP contribution in [0.5, 0.6) is 0 Å². The Morgan fingerprint density at radius 2 is 1.90 bits per heavy atom. The highest BCUT2D eigenvalue weighted by Crippen LogP contribution is 2.27. The third-order valence-electron chi connectivity index (χ3n) is 6.96. The molecule has 2 saturated heterocycles. The highest BCUT2D eigenvalue weighted by Gasteiger charge is 2.41. The SMILES string of the molecule is COCc1c(C(=O)N(CC(C)C)[C@H]2C[C@@H](C(=O)N3CCOCC3)CN(C(=O)O)C2)nnn1-c1ccccc1F. The molecule has 0 saturated carbocycles. The van der Waals surface area contributed by atoms with Gasteiger partial charge in [-0.1, -0.05) is 31.2 Å². The molecule has 2 aromatic rings. The molecule has 3 heterocycles. The van der Waals surface area contributed by atoms with E-state index in [0.29, 0.717) is 39.3 Å². The summed E-state index contributed by atoms with van der Waals surface area (Å²) in [7, 11) is 1.45. The third-order valence-corrected chi connectivity index (χ3v) is 6.96. The van der Waals surface area contributed by atoms with Crippen LogP contribution >= 0.6 is 0 Å². The quantitative estimate of drug-likeness (QED) is 0.531. The van der Waals surface area contributed by atoms with Crippen molar-refractivity contribution in [3.8, 4) is 5.69 Å². The maximum absolute atomic E-state index is 14.6. The number of hydrogen-bond acceptors (Lipinski definition) is 7. The molecule has 1 N–H and O–H groups in total. The van der Waals surface area contributed by atoms with E-state index in [0.717, 1.165) is 0 Å². The lowest BCUT2D eigenvalue weighted by Gasteiger charge is -2.43. The van der Waals surface area contributed by atoms with Gasteiger partial charge in [0.1, 0.15) is 17.2 Å². The Morgan fingerprint density at radius 1 is 1.18 bits per heavy atom. The topological polar surface area (TPSA) is 130 Å². The summed E-state index contributed by atoms with van der Waals surface area (Å²) in [4.78, 5) is 43.9. The zero-order valence-electron chi connectivity index (χ0n) is 22.5. The second kappa shape index (κ2) is 12.5. The van der Waals surface area contributed by atoms with E-state index in [9.17, 15) is 23.9 Å². The van der Waals surface area contributed by atoms with Crippen LogP contribution in [0.25, 0.3) is 5.69 Å². The molecule has 1 aromatic heterocycles. The first kappa shape index (κ1) is 28.4. The highest BCUT2D eigenvalue weighted by atomic mass is 19.1. The summed E-state index contributed by atoms with van der Waals surface area (Å²) in [5, 5.41) is 18.0. The van der Waals surface area contributed by atoms with E-state index in [1.165, 1.54) is 28.8 Å². The molecular formula is C26H35FN6O6. The lowest BCUT2D eigenvalue weighted by atomic mass is 9.91. The molecule has 2 aliphatic rings. The Bertz CT molecular complexity index is 1180. The molecule has 13 heteroatoms. The van der Waals surface area contributed by atoms with Crippen LogP contribution in [0.4, 0.5) is 9.18 Å². The fraction of sp³-hybridized carbons (Fsp3) is 0.577. The zero-order chi connectivity index (χ0) is 28.1. The lowest BCUT2D eigenvalue weighted by Crippen LogP contribution is -2.58. The Hall–Kier alpha value is -3.58. The Labute approximate surface area is 226 Å². The summed E-state index contributed by atoms with van der Waals surface area (Å²) < 4.78 is 26.5. The number of ether oxygens (including phenoxy) is 2. The summed E-state index contributed by atoms with van der Waals surface area (Å²) in [6.45, 7) is 6.01. The normalized spacial score (nSPS) is 19.8. The third kappa shape index (κ3) is 6.36. The highest BCUT2D eigenvalue weighted by molar-refractivity contribution is 5.94. The molecule has 0 aliphatic carbocycles. The van der Waals surface area contributed by atoms with Crippen molar-refractivity contribution in [3.63, 3.8) is 0 Å². The van der Waals surface area contributed by atoms with Crippen molar-refractivity contribution >= 4 is 17.9 Å². The largest absolute Gasteiger partial charge is 0.465 e. The van der Waals surface area contributed by atoms with E-state index >= 15 is 0 Å². The average Bonchev–Trinajstić information content (AvgIpc) is 3.34. The van der Waals surface area contributed by atoms with Crippen molar-refractivity contribution in [1.29, 1.82) is 0 Å². The first-order chi connectivity index (χ1) is 18.7. The summed E-state index contributed by atoms with van der Waals surface area (Å²) >= 11 is 0. The molecule has 39 heavy (non-hydrogen) atoms. The van der Waals surface area contributed by atoms with Crippen molar-refractivity contribution in [2.24, 2.45) is 11.8 Å². The maximum Gasteiger partial charge on any atom is 0.407 e. The Morgan fingerprint density at radius 3 is 2.54 bits per heavy atom. The molecule has 12 nitrogen and oxygen atoms in total. The molecule has 212 valence electrons. The number of morpholine rings is 1. The first-order valence-corrected chi connectivity index (χ1v) is 13.0. The minimum absolute atomic E-state index is 0.00995. The van der Waals surface area contributed by atoms with Gasteiger partial charge in [0.05, 0.1) is 31.8 Å². The number of carboxylic acid groups (broad SMARTS) is 1. The fourth-order valence-electron chi connectivity index (χ4n) is 5.15. The zero-order valence-corrected chi connectivity index (χ0v) is 22.5. The number of carbonyl (C=O) groups is 3. The molecule has 2 fully saturated rings. The van der Waals surface area contributed by atoms with Gasteiger partial charge in [-0.25, -0.2) is 13.9 Å². The van der Waals surface area contributed by atoms with Gasteiger partial charge in [-0.05, 0) is 24.5 Å². The van der Waals surface area contributed by atoms with Crippen molar-refractivity contribution in [1.82, 2.24) is 29.7 Å². The van der Waals surface area contributed by atoms with E-state index in [4.69, 9.17) is 9.47 Å². The molecule has 0 spiro atoms. The van der Waals surface area contributed by atoms with Crippen molar-refractivity contribution in [2.45, 2.75) is 32.9 Å². The van der Waals surface area contributed by atoms with Crippen LogP contribution in [0.15, 0.2) is 24.3 Å². The number of nitrogens with zero attached hydrogens (tertiary/aromatic N) is 6. The number of aromatic nitrogens is 3. The van der Waals surface area contributed by atoms with Crippen LogP contribution in [-0.4, -0.2) is 112 Å². The number of amides is 3. The van der Waals surface area contributed by atoms with Crippen LogP contribution < -0.4 is 0 Å². The number of piperidine rings is 1. The second-order valence-electron chi connectivity index (χ2n) is 10.2. The molecule has 4 rings (SSSR count). The van der Waals surface area contributed by atoms with Gasteiger partial charge in [0, 0.05) is 39.8 Å². The number of hydrogen-bond donors (Lipinski definition) is 1. The van der Waals surface area contributed by atoms with Gasteiger partial charge in [0.25, 0.3) is 5.91 Å². The van der Waals surface area contributed by atoms with Crippen molar-refractivity contribution in [3.05, 3.63) is 41.5 Å². The summed E-state index contributed by atoms with van der Waals surface area (Å²) in [6, 6.07) is 5.44. The smallest absolute Gasteiger partial charge is 0.407 e. The molecule has 3 amide bonds. The molecule has 1 aromatic carbocycles. The molecule has 0 radical (unpaired) electrons. The van der Waals surface area contributed by atoms with E-state index in [-0.39, 0.29) is 48.6 Å². The van der Waals surface area contributed by atoms with Gasteiger partial charge in [0.2, 0.25) is 5.91 Å². The number of methoxy groups -OCH3 is 1. The van der Waals surface area contributed by atoms with E-state index in [1.807, 2.05) is 13.8 Å². The predicted octanol–water partition coefficient (Wildman–Crippen LogP) is 1.88. The molecule has 2 atom stereocenters. The standard InChI is InChI=1S/C26H35FN6O6/c1-17(2)13-32(19-12-18(14-31(15-19)26(36)37)24(34)30-8-10-39-11-9-30)25(35)23-22(16-38-3)33(29-28-23)21-7-5-4-6-20(21)27/h4-7,17-19H,8-16H2,1-3H3,(H,36,37)/t18-,19+/m1/s1.